The van der Waals surface area contributed by atoms with Gasteiger partial charge in [0.15, 0.2) is 0 Å². The number of alkyl halides is 3. The molecule has 29 heavy (non-hydrogen) atoms. The lowest BCUT2D eigenvalue weighted by Crippen LogP contribution is -2.15. The molecule has 0 unspecified atom stereocenters. The second kappa shape index (κ2) is 7.61. The average Bonchev–Trinajstić information content (AvgIpc) is 3.33. The van der Waals surface area contributed by atoms with Crippen molar-refractivity contribution in [2.75, 3.05) is 0 Å². The molecule has 8 heteroatoms. The molecule has 0 saturated carbocycles. The van der Waals surface area contributed by atoms with Crippen molar-refractivity contribution in [3.63, 3.8) is 0 Å². The zero-order chi connectivity index (χ0) is 20.6. The quantitative estimate of drug-likeness (QED) is 0.381. The third-order valence-corrected chi connectivity index (χ3v) is 6.34. The second-order valence-corrected chi connectivity index (χ2v) is 8.48. The van der Waals surface area contributed by atoms with E-state index < -0.39 is 11.7 Å². The number of hydrogen-bond acceptors (Lipinski definition) is 3. The molecular formula is C21H15F3N2OS2. The zero-order valence-electron chi connectivity index (χ0n) is 15.2. The van der Waals surface area contributed by atoms with E-state index >= 15 is 0 Å². The highest BCUT2D eigenvalue weighted by molar-refractivity contribution is 7.99. The van der Waals surface area contributed by atoms with E-state index in [0.717, 1.165) is 32.8 Å². The summed E-state index contributed by atoms with van der Waals surface area (Å²) in [5.41, 5.74) is 2.17. The Hall–Kier alpha value is -2.71. The van der Waals surface area contributed by atoms with Crippen molar-refractivity contribution in [1.29, 1.82) is 0 Å². The van der Waals surface area contributed by atoms with E-state index in [1.54, 1.807) is 23.5 Å². The van der Waals surface area contributed by atoms with Crippen molar-refractivity contribution in [3.8, 4) is 11.1 Å². The Balaban J connectivity index is 1.62. The highest BCUT2D eigenvalue weighted by atomic mass is 32.2. The third-order valence-electron chi connectivity index (χ3n) is 4.52. The minimum Gasteiger partial charge on any atom is -0.350 e. The Bertz CT molecular complexity index is 1160. The summed E-state index contributed by atoms with van der Waals surface area (Å²) in [4.78, 5) is 12.5. The largest absolute Gasteiger partial charge is 0.416 e. The molecule has 1 amide bonds. The number of carbonyl (C=O) groups is 1. The van der Waals surface area contributed by atoms with Crippen LogP contribution in [0, 0.1) is 0 Å². The number of fused-ring (bicyclic) bond motifs is 1. The van der Waals surface area contributed by atoms with Gasteiger partial charge in [-0.3, -0.25) is 9.52 Å². The van der Waals surface area contributed by atoms with Crippen LogP contribution >= 0.6 is 23.3 Å². The molecule has 4 rings (SSSR count). The van der Waals surface area contributed by atoms with E-state index in [2.05, 4.69) is 4.72 Å². The number of rotatable bonds is 4. The number of halogens is 3. The molecule has 0 atom stereocenters. The number of hydrogen-bond donors (Lipinski definition) is 1. The maximum absolute atomic E-state index is 12.8. The lowest BCUT2D eigenvalue weighted by atomic mass is 10.0. The fourth-order valence-corrected chi connectivity index (χ4v) is 4.46. The standard InChI is InChI=1S/C21H15F3N2OS2/c1-26-12-17(13-4-7-15(8-5-13)21(22,23)24)16-9-6-14(11-18(16)26)20(27)25-29-19-3-2-10-28-19/h2-12H,1H3,(H,25,27). The van der Waals surface area contributed by atoms with Crippen LogP contribution in [-0.2, 0) is 13.2 Å². The third kappa shape index (κ3) is 4.04. The molecule has 0 saturated heterocycles. The minimum absolute atomic E-state index is 0.206. The summed E-state index contributed by atoms with van der Waals surface area (Å²) in [6, 6.07) is 14.3. The molecule has 0 aliphatic heterocycles. The molecule has 0 aliphatic carbocycles. The first-order chi connectivity index (χ1) is 13.8. The summed E-state index contributed by atoms with van der Waals surface area (Å²) in [5, 5.41) is 2.81. The summed E-state index contributed by atoms with van der Waals surface area (Å²) >= 11 is 2.81. The van der Waals surface area contributed by atoms with E-state index in [-0.39, 0.29) is 5.91 Å². The lowest BCUT2D eigenvalue weighted by Gasteiger charge is -2.07. The molecule has 148 valence electrons. The van der Waals surface area contributed by atoms with Gasteiger partial charge >= 0.3 is 6.18 Å². The number of benzene rings is 2. The summed E-state index contributed by atoms with van der Waals surface area (Å²) in [6.07, 6.45) is -2.50. The average molecular weight is 432 g/mol. The van der Waals surface area contributed by atoms with Gasteiger partial charge in [-0.05, 0) is 53.2 Å². The van der Waals surface area contributed by atoms with Crippen molar-refractivity contribution in [2.24, 2.45) is 7.05 Å². The number of carbonyl (C=O) groups excluding carboxylic acids is 1. The molecule has 0 spiro atoms. The molecule has 0 radical (unpaired) electrons. The molecule has 0 bridgehead atoms. The number of aromatic nitrogens is 1. The lowest BCUT2D eigenvalue weighted by molar-refractivity contribution is -0.137. The van der Waals surface area contributed by atoms with Gasteiger partial charge in [-0.1, -0.05) is 24.3 Å². The predicted octanol–water partition coefficient (Wildman–Crippen LogP) is 6.36. The van der Waals surface area contributed by atoms with Crippen LogP contribution in [-0.4, -0.2) is 10.5 Å². The summed E-state index contributed by atoms with van der Waals surface area (Å²) < 4.78 is 44.1. The van der Waals surface area contributed by atoms with E-state index in [1.165, 1.54) is 24.1 Å². The summed E-state index contributed by atoms with van der Waals surface area (Å²) in [7, 11) is 1.85. The molecule has 2 aromatic heterocycles. The van der Waals surface area contributed by atoms with Gasteiger partial charge in [0, 0.05) is 35.3 Å². The topological polar surface area (TPSA) is 34.0 Å². The van der Waals surface area contributed by atoms with Crippen LogP contribution in [0.3, 0.4) is 0 Å². The van der Waals surface area contributed by atoms with Gasteiger partial charge in [0.1, 0.15) is 0 Å². The molecule has 4 aromatic rings. The van der Waals surface area contributed by atoms with Crippen molar-refractivity contribution >= 4 is 40.1 Å². The highest BCUT2D eigenvalue weighted by Crippen LogP contribution is 2.34. The fraction of sp³-hybridized carbons (Fsp3) is 0.0952. The SMILES string of the molecule is Cn1cc(-c2ccc(C(F)(F)F)cc2)c2ccc(C(=O)NSc3cccs3)cc21. The number of thiophene rings is 1. The smallest absolute Gasteiger partial charge is 0.350 e. The number of aryl methyl sites for hydroxylation is 1. The van der Waals surface area contributed by atoms with E-state index in [9.17, 15) is 18.0 Å². The van der Waals surface area contributed by atoms with Crippen LogP contribution in [0.5, 0.6) is 0 Å². The van der Waals surface area contributed by atoms with Crippen molar-refractivity contribution in [2.45, 2.75) is 10.4 Å². The van der Waals surface area contributed by atoms with Gasteiger partial charge in [-0.2, -0.15) is 13.2 Å². The Kier molecular flexibility index (Phi) is 5.14. The molecule has 1 N–H and O–H groups in total. The van der Waals surface area contributed by atoms with E-state index in [1.807, 2.05) is 41.4 Å². The predicted molar refractivity (Wildman–Crippen MR) is 111 cm³/mol. The number of nitrogens with zero attached hydrogens (tertiary/aromatic N) is 1. The second-order valence-electron chi connectivity index (χ2n) is 6.43. The minimum atomic E-state index is -4.36. The summed E-state index contributed by atoms with van der Waals surface area (Å²) in [6.45, 7) is 0. The number of amides is 1. The van der Waals surface area contributed by atoms with Crippen molar-refractivity contribution < 1.29 is 18.0 Å². The van der Waals surface area contributed by atoms with Crippen molar-refractivity contribution in [3.05, 3.63) is 77.3 Å². The molecule has 3 nitrogen and oxygen atoms in total. The van der Waals surface area contributed by atoms with Crippen LogP contribution in [0.15, 0.2) is 70.4 Å². The van der Waals surface area contributed by atoms with E-state index in [4.69, 9.17) is 0 Å². The van der Waals surface area contributed by atoms with Gasteiger partial charge in [0.25, 0.3) is 5.91 Å². The first-order valence-corrected chi connectivity index (χ1v) is 10.3. The van der Waals surface area contributed by atoms with Crippen molar-refractivity contribution in [1.82, 2.24) is 9.29 Å². The normalized spacial score (nSPS) is 11.7. The van der Waals surface area contributed by atoms with Gasteiger partial charge in [-0.15, -0.1) is 11.3 Å². The Morgan fingerprint density at radius 2 is 1.86 bits per heavy atom. The maximum Gasteiger partial charge on any atom is 0.416 e. The summed E-state index contributed by atoms with van der Waals surface area (Å²) in [5.74, 6) is -0.206. The van der Waals surface area contributed by atoms with Crippen LogP contribution in [0.2, 0.25) is 0 Å². The Labute approximate surface area is 173 Å². The first kappa shape index (κ1) is 19.6. The molecule has 2 aromatic carbocycles. The molecule has 2 heterocycles. The molecule has 0 aliphatic rings. The van der Waals surface area contributed by atoms with Crippen LogP contribution < -0.4 is 4.72 Å². The van der Waals surface area contributed by atoms with Gasteiger partial charge in [-0.25, -0.2) is 0 Å². The van der Waals surface area contributed by atoms with E-state index in [0.29, 0.717) is 11.1 Å². The Morgan fingerprint density at radius 1 is 1.10 bits per heavy atom. The van der Waals surface area contributed by atoms with Gasteiger partial charge in [0.05, 0.1) is 9.77 Å². The van der Waals surface area contributed by atoms with Gasteiger partial charge in [0.2, 0.25) is 0 Å². The Morgan fingerprint density at radius 3 is 2.52 bits per heavy atom. The van der Waals surface area contributed by atoms with Gasteiger partial charge < -0.3 is 4.57 Å². The fourth-order valence-electron chi connectivity index (χ4n) is 3.07. The van der Waals surface area contributed by atoms with Crippen LogP contribution in [0.4, 0.5) is 13.2 Å². The molecule has 0 fully saturated rings. The van der Waals surface area contributed by atoms with Crippen LogP contribution in [0.1, 0.15) is 15.9 Å². The highest BCUT2D eigenvalue weighted by Gasteiger charge is 2.30. The maximum atomic E-state index is 12.8. The molecular weight excluding hydrogens is 417 g/mol. The monoisotopic (exact) mass is 432 g/mol. The van der Waals surface area contributed by atoms with Crippen LogP contribution in [0.25, 0.3) is 22.0 Å². The first-order valence-electron chi connectivity index (χ1n) is 8.60. The zero-order valence-corrected chi connectivity index (χ0v) is 16.8. The number of nitrogens with one attached hydrogen (secondary N) is 1.